The van der Waals surface area contributed by atoms with Crippen LogP contribution >= 0.6 is 0 Å². The molecular weight excluding hydrogens is 290 g/mol. The number of imidazole rings is 2. The Labute approximate surface area is 135 Å². The summed E-state index contributed by atoms with van der Waals surface area (Å²) in [5.41, 5.74) is 3.40. The number of hydrogen-bond acceptors (Lipinski definition) is 3. The molecule has 0 aromatic carbocycles. The second-order valence-electron chi connectivity index (χ2n) is 5.61. The molecule has 0 unspecified atom stereocenters. The fraction of sp³-hybridized carbons (Fsp3) is 0.353. The van der Waals surface area contributed by atoms with Crippen LogP contribution in [0.1, 0.15) is 35.1 Å². The van der Waals surface area contributed by atoms with Crippen molar-refractivity contribution < 1.29 is 4.79 Å². The van der Waals surface area contributed by atoms with Gasteiger partial charge < -0.3 is 9.88 Å². The molecule has 0 bridgehead atoms. The van der Waals surface area contributed by atoms with Gasteiger partial charge in [-0.2, -0.15) is 0 Å². The van der Waals surface area contributed by atoms with E-state index in [0.717, 1.165) is 36.3 Å². The summed E-state index contributed by atoms with van der Waals surface area (Å²) in [6.07, 6.45) is 9.01. The van der Waals surface area contributed by atoms with Crippen LogP contribution in [0.5, 0.6) is 0 Å². The summed E-state index contributed by atoms with van der Waals surface area (Å²) in [6, 6.07) is 3.96. The van der Waals surface area contributed by atoms with Crippen LogP contribution in [-0.2, 0) is 13.0 Å². The molecule has 0 saturated carbocycles. The van der Waals surface area contributed by atoms with Crippen molar-refractivity contribution in [2.75, 3.05) is 6.54 Å². The lowest BCUT2D eigenvalue weighted by Crippen LogP contribution is -2.27. The Balaban J connectivity index is 1.71. The van der Waals surface area contributed by atoms with E-state index in [9.17, 15) is 4.79 Å². The third-order valence-electron chi connectivity index (χ3n) is 3.83. The lowest BCUT2D eigenvalue weighted by Gasteiger charge is -2.07. The smallest absolute Gasteiger partial charge is 0.270 e. The highest BCUT2D eigenvalue weighted by Gasteiger charge is 2.17. The van der Waals surface area contributed by atoms with Crippen molar-refractivity contribution in [3.8, 4) is 0 Å². The van der Waals surface area contributed by atoms with Crippen LogP contribution in [-0.4, -0.2) is 31.4 Å². The summed E-state index contributed by atoms with van der Waals surface area (Å²) in [6.45, 7) is 5.49. The van der Waals surface area contributed by atoms with Gasteiger partial charge in [-0.15, -0.1) is 0 Å². The minimum absolute atomic E-state index is 0.0643. The highest BCUT2D eigenvalue weighted by atomic mass is 16.1. The number of carbonyl (C=O) groups excluding carboxylic acids is 1. The van der Waals surface area contributed by atoms with Gasteiger partial charge in [0.1, 0.15) is 11.3 Å². The first-order chi connectivity index (χ1) is 11.2. The molecule has 0 aliphatic rings. The minimum atomic E-state index is -0.0643. The zero-order chi connectivity index (χ0) is 16.2. The molecule has 3 aromatic rings. The van der Waals surface area contributed by atoms with Gasteiger partial charge in [0.2, 0.25) is 0 Å². The zero-order valence-corrected chi connectivity index (χ0v) is 13.5. The Kier molecular flexibility index (Phi) is 4.41. The first-order valence-corrected chi connectivity index (χ1v) is 7.90. The van der Waals surface area contributed by atoms with Gasteiger partial charge in [-0.3, -0.25) is 9.20 Å². The lowest BCUT2D eigenvalue weighted by molar-refractivity contribution is 0.0946. The molecule has 6 heteroatoms. The topological polar surface area (TPSA) is 64.2 Å². The van der Waals surface area contributed by atoms with E-state index in [1.54, 1.807) is 12.5 Å². The second-order valence-corrected chi connectivity index (χ2v) is 5.61. The molecule has 3 heterocycles. The SMILES string of the molecule is CCc1nc2ccc(C)cn2c1C(=O)NCCCn1ccnc1. The van der Waals surface area contributed by atoms with Gasteiger partial charge in [0.15, 0.2) is 0 Å². The van der Waals surface area contributed by atoms with Crippen LogP contribution in [0.4, 0.5) is 0 Å². The largest absolute Gasteiger partial charge is 0.351 e. The number of pyridine rings is 1. The molecule has 0 aliphatic carbocycles. The van der Waals surface area contributed by atoms with E-state index in [4.69, 9.17) is 0 Å². The normalized spacial score (nSPS) is 11.0. The van der Waals surface area contributed by atoms with E-state index in [2.05, 4.69) is 15.3 Å². The van der Waals surface area contributed by atoms with E-state index < -0.39 is 0 Å². The minimum Gasteiger partial charge on any atom is -0.351 e. The first-order valence-electron chi connectivity index (χ1n) is 7.90. The van der Waals surface area contributed by atoms with Gasteiger partial charge in [0.25, 0.3) is 5.91 Å². The van der Waals surface area contributed by atoms with Gasteiger partial charge >= 0.3 is 0 Å². The highest BCUT2D eigenvalue weighted by molar-refractivity contribution is 5.94. The molecule has 0 spiro atoms. The number of aryl methyl sites for hydroxylation is 3. The number of hydrogen-bond donors (Lipinski definition) is 1. The van der Waals surface area contributed by atoms with Crippen LogP contribution < -0.4 is 5.32 Å². The molecule has 0 fully saturated rings. The molecule has 3 rings (SSSR count). The maximum absolute atomic E-state index is 12.6. The monoisotopic (exact) mass is 311 g/mol. The third kappa shape index (κ3) is 3.26. The lowest BCUT2D eigenvalue weighted by atomic mass is 10.2. The number of nitrogens with zero attached hydrogens (tertiary/aromatic N) is 4. The molecule has 0 saturated heterocycles. The number of carbonyl (C=O) groups is 1. The van der Waals surface area contributed by atoms with E-state index in [0.29, 0.717) is 12.2 Å². The van der Waals surface area contributed by atoms with Crippen molar-refractivity contribution in [2.45, 2.75) is 33.2 Å². The van der Waals surface area contributed by atoms with Crippen molar-refractivity contribution in [2.24, 2.45) is 0 Å². The maximum Gasteiger partial charge on any atom is 0.270 e. The molecule has 0 atom stereocenters. The Morgan fingerprint density at radius 3 is 2.96 bits per heavy atom. The van der Waals surface area contributed by atoms with Gasteiger partial charge in [0, 0.05) is 31.7 Å². The van der Waals surface area contributed by atoms with E-state index in [1.807, 2.05) is 47.3 Å². The van der Waals surface area contributed by atoms with Crippen molar-refractivity contribution >= 4 is 11.6 Å². The van der Waals surface area contributed by atoms with Crippen molar-refractivity contribution in [1.29, 1.82) is 0 Å². The predicted octanol–water partition coefficient (Wildman–Crippen LogP) is 2.22. The predicted molar refractivity (Wildman–Crippen MR) is 88.5 cm³/mol. The number of fused-ring (bicyclic) bond motifs is 1. The summed E-state index contributed by atoms with van der Waals surface area (Å²) >= 11 is 0. The van der Waals surface area contributed by atoms with E-state index in [-0.39, 0.29) is 5.91 Å². The Hall–Kier alpha value is -2.63. The summed E-state index contributed by atoms with van der Waals surface area (Å²) in [4.78, 5) is 21.1. The molecule has 0 aliphatic heterocycles. The fourth-order valence-corrected chi connectivity index (χ4v) is 2.65. The van der Waals surface area contributed by atoms with Gasteiger partial charge in [-0.05, 0) is 31.4 Å². The average molecular weight is 311 g/mol. The second kappa shape index (κ2) is 6.64. The van der Waals surface area contributed by atoms with Crippen LogP contribution in [0.3, 0.4) is 0 Å². The van der Waals surface area contributed by atoms with Crippen LogP contribution in [0.2, 0.25) is 0 Å². The van der Waals surface area contributed by atoms with Crippen LogP contribution in [0.15, 0.2) is 37.1 Å². The van der Waals surface area contributed by atoms with Gasteiger partial charge in [-0.1, -0.05) is 13.0 Å². The quantitative estimate of drug-likeness (QED) is 0.710. The molecular formula is C17H21N5O. The first kappa shape index (κ1) is 15.3. The number of amides is 1. The van der Waals surface area contributed by atoms with E-state index >= 15 is 0 Å². The Bertz CT molecular complexity index is 804. The number of nitrogens with one attached hydrogen (secondary N) is 1. The van der Waals surface area contributed by atoms with Gasteiger partial charge in [-0.25, -0.2) is 9.97 Å². The molecule has 1 amide bonds. The van der Waals surface area contributed by atoms with Gasteiger partial charge in [0.05, 0.1) is 12.0 Å². The molecule has 3 aromatic heterocycles. The van der Waals surface area contributed by atoms with E-state index in [1.165, 1.54) is 0 Å². The summed E-state index contributed by atoms with van der Waals surface area (Å²) < 4.78 is 3.89. The zero-order valence-electron chi connectivity index (χ0n) is 13.5. The molecule has 1 N–H and O–H groups in total. The third-order valence-corrected chi connectivity index (χ3v) is 3.83. The number of aromatic nitrogens is 4. The summed E-state index contributed by atoms with van der Waals surface area (Å²) in [5, 5.41) is 3.00. The average Bonchev–Trinajstić information content (AvgIpc) is 3.18. The molecule has 23 heavy (non-hydrogen) atoms. The summed E-state index contributed by atoms with van der Waals surface area (Å²) in [7, 11) is 0. The Morgan fingerprint density at radius 1 is 1.35 bits per heavy atom. The molecule has 0 radical (unpaired) electrons. The Morgan fingerprint density at radius 2 is 2.22 bits per heavy atom. The fourth-order valence-electron chi connectivity index (χ4n) is 2.65. The van der Waals surface area contributed by atoms with Crippen LogP contribution in [0.25, 0.3) is 5.65 Å². The van der Waals surface area contributed by atoms with Crippen LogP contribution in [0, 0.1) is 6.92 Å². The standard InChI is InChI=1S/C17H21N5O/c1-3-14-16(22-11-13(2)5-6-15(22)20-14)17(23)19-7-4-9-21-10-8-18-12-21/h5-6,8,10-12H,3-4,7,9H2,1-2H3,(H,19,23). The molecule has 6 nitrogen and oxygen atoms in total. The van der Waals surface area contributed by atoms with Crippen molar-refractivity contribution in [3.63, 3.8) is 0 Å². The van der Waals surface area contributed by atoms with Crippen molar-refractivity contribution in [3.05, 3.63) is 54.0 Å². The number of rotatable bonds is 6. The van der Waals surface area contributed by atoms with Crippen molar-refractivity contribution in [1.82, 2.24) is 24.3 Å². The molecule has 120 valence electrons. The summed E-state index contributed by atoms with van der Waals surface area (Å²) in [5.74, 6) is -0.0643. The highest BCUT2D eigenvalue weighted by Crippen LogP contribution is 2.14. The maximum atomic E-state index is 12.6.